The number of rotatable bonds is 7. The van der Waals surface area contributed by atoms with Crippen LogP contribution in [0.25, 0.3) is 0 Å². The lowest BCUT2D eigenvalue weighted by atomic mass is 10.2. The number of hydrazone groups is 1. The van der Waals surface area contributed by atoms with Crippen molar-refractivity contribution in [2.45, 2.75) is 19.4 Å². The summed E-state index contributed by atoms with van der Waals surface area (Å²) in [5, 5.41) is 21.0. The summed E-state index contributed by atoms with van der Waals surface area (Å²) in [5.74, 6) is -1.15. The van der Waals surface area contributed by atoms with Gasteiger partial charge in [-0.05, 0) is 19.1 Å². The van der Waals surface area contributed by atoms with Crippen LogP contribution in [0.1, 0.15) is 18.9 Å². The second kappa shape index (κ2) is 8.26. The fourth-order valence-electron chi connectivity index (χ4n) is 1.43. The number of hydrogen-bond donors (Lipinski definition) is 2. The number of nitriles is 1. The Morgan fingerprint density at radius 2 is 2.27 bits per heavy atom. The lowest BCUT2D eigenvalue weighted by Gasteiger charge is -2.15. The molecule has 0 aliphatic carbocycles. The van der Waals surface area contributed by atoms with Crippen molar-refractivity contribution in [1.82, 2.24) is 5.43 Å². The SMILES string of the molecule is COc1cccc(/C=N\NC(=O)CC#N)c1O[C@@H](C)C(=O)O. The van der Waals surface area contributed by atoms with Crippen molar-refractivity contribution in [3.05, 3.63) is 23.8 Å². The van der Waals surface area contributed by atoms with Crippen LogP contribution >= 0.6 is 0 Å². The van der Waals surface area contributed by atoms with E-state index in [9.17, 15) is 9.59 Å². The third kappa shape index (κ3) is 4.79. The summed E-state index contributed by atoms with van der Waals surface area (Å²) >= 11 is 0. The number of carboxylic acids is 1. The van der Waals surface area contributed by atoms with Crippen molar-refractivity contribution in [2.75, 3.05) is 7.11 Å². The van der Waals surface area contributed by atoms with Gasteiger partial charge in [0.25, 0.3) is 5.91 Å². The first kappa shape index (κ1) is 17.0. The molecule has 1 amide bonds. The number of nitrogens with zero attached hydrogens (tertiary/aromatic N) is 2. The molecule has 0 bridgehead atoms. The Bertz CT molecular complexity index is 621. The van der Waals surface area contributed by atoms with E-state index in [1.807, 2.05) is 0 Å². The topological polar surface area (TPSA) is 121 Å². The van der Waals surface area contributed by atoms with Crippen LogP contribution in [0, 0.1) is 11.3 Å². The Morgan fingerprint density at radius 3 is 2.86 bits per heavy atom. The molecule has 0 aliphatic rings. The van der Waals surface area contributed by atoms with Gasteiger partial charge in [-0.15, -0.1) is 0 Å². The van der Waals surface area contributed by atoms with Crippen LogP contribution in [0.15, 0.2) is 23.3 Å². The normalized spacial score (nSPS) is 11.5. The Kier molecular flexibility index (Phi) is 6.37. The predicted octanol–water partition coefficient (Wildman–Crippen LogP) is 0.911. The predicted molar refractivity (Wildman–Crippen MR) is 76.7 cm³/mol. The molecular weight excluding hydrogens is 290 g/mol. The third-order valence-electron chi connectivity index (χ3n) is 2.50. The summed E-state index contributed by atoms with van der Waals surface area (Å²) in [5.41, 5.74) is 2.59. The molecule has 0 aromatic heterocycles. The van der Waals surface area contributed by atoms with Gasteiger partial charge in [0.05, 0.1) is 19.4 Å². The number of carbonyl (C=O) groups excluding carboxylic acids is 1. The molecule has 22 heavy (non-hydrogen) atoms. The number of para-hydroxylation sites is 1. The van der Waals surface area contributed by atoms with Gasteiger partial charge in [0.2, 0.25) is 0 Å². The Hall–Kier alpha value is -3.08. The lowest BCUT2D eigenvalue weighted by Crippen LogP contribution is -2.23. The number of carboxylic acid groups (broad SMARTS) is 1. The first-order valence-electron chi connectivity index (χ1n) is 6.25. The van der Waals surface area contributed by atoms with Gasteiger partial charge in [0.15, 0.2) is 17.6 Å². The van der Waals surface area contributed by atoms with Gasteiger partial charge in [-0.2, -0.15) is 10.4 Å². The zero-order valence-corrected chi connectivity index (χ0v) is 12.1. The van der Waals surface area contributed by atoms with Gasteiger partial charge in [-0.25, -0.2) is 10.2 Å². The van der Waals surface area contributed by atoms with Crippen LogP contribution in [-0.2, 0) is 9.59 Å². The van der Waals surface area contributed by atoms with E-state index in [0.717, 1.165) is 0 Å². The summed E-state index contributed by atoms with van der Waals surface area (Å²) in [6.07, 6.45) is -0.118. The molecule has 0 heterocycles. The number of aliphatic carboxylic acids is 1. The van der Waals surface area contributed by atoms with E-state index in [1.54, 1.807) is 24.3 Å². The van der Waals surface area contributed by atoms with Gasteiger partial charge in [0, 0.05) is 5.56 Å². The highest BCUT2D eigenvalue weighted by Gasteiger charge is 2.17. The van der Waals surface area contributed by atoms with Gasteiger partial charge >= 0.3 is 5.97 Å². The number of hydrogen-bond acceptors (Lipinski definition) is 6. The summed E-state index contributed by atoms with van der Waals surface area (Å²) in [4.78, 5) is 22.0. The van der Waals surface area contributed by atoms with Gasteiger partial charge in [-0.3, -0.25) is 4.79 Å². The van der Waals surface area contributed by atoms with Crippen molar-refractivity contribution in [3.8, 4) is 17.6 Å². The fraction of sp³-hybridized carbons (Fsp3) is 0.286. The van der Waals surface area contributed by atoms with E-state index in [0.29, 0.717) is 11.3 Å². The molecule has 1 atom stereocenters. The minimum atomic E-state index is -1.13. The van der Waals surface area contributed by atoms with Crippen molar-refractivity contribution in [2.24, 2.45) is 5.10 Å². The van der Waals surface area contributed by atoms with E-state index in [-0.39, 0.29) is 12.2 Å². The quantitative estimate of drug-likeness (QED) is 0.570. The Morgan fingerprint density at radius 1 is 1.55 bits per heavy atom. The number of methoxy groups -OCH3 is 1. The van der Waals surface area contributed by atoms with Crippen molar-refractivity contribution in [3.63, 3.8) is 0 Å². The van der Waals surface area contributed by atoms with E-state index < -0.39 is 18.0 Å². The highest BCUT2D eigenvalue weighted by molar-refractivity contribution is 5.87. The van der Waals surface area contributed by atoms with Crippen LogP contribution in [0.5, 0.6) is 11.5 Å². The fourth-order valence-corrected chi connectivity index (χ4v) is 1.43. The molecule has 1 aromatic carbocycles. The van der Waals surface area contributed by atoms with Crippen LogP contribution in [0.2, 0.25) is 0 Å². The minimum absolute atomic E-state index is 0.193. The van der Waals surface area contributed by atoms with E-state index >= 15 is 0 Å². The van der Waals surface area contributed by atoms with Crippen molar-refractivity contribution >= 4 is 18.1 Å². The molecule has 0 saturated heterocycles. The standard InChI is InChI=1S/C14H15N3O5/c1-9(14(19)20)22-13-10(4-3-5-11(13)21-2)8-16-17-12(18)6-7-15/h3-5,8-9H,6H2,1-2H3,(H,17,18)(H,19,20)/b16-8-/t9-/m0/s1. The van der Waals surface area contributed by atoms with Crippen molar-refractivity contribution in [1.29, 1.82) is 5.26 Å². The zero-order chi connectivity index (χ0) is 16.5. The average molecular weight is 305 g/mol. The maximum Gasteiger partial charge on any atom is 0.344 e. The molecule has 8 nitrogen and oxygen atoms in total. The third-order valence-corrected chi connectivity index (χ3v) is 2.50. The molecule has 1 rings (SSSR count). The smallest absolute Gasteiger partial charge is 0.344 e. The molecule has 0 radical (unpaired) electrons. The number of ether oxygens (including phenoxy) is 2. The van der Waals surface area contributed by atoms with Gasteiger partial charge in [0.1, 0.15) is 6.42 Å². The molecule has 8 heteroatoms. The number of amides is 1. The highest BCUT2D eigenvalue weighted by atomic mass is 16.5. The summed E-state index contributed by atoms with van der Waals surface area (Å²) < 4.78 is 10.5. The average Bonchev–Trinajstić information content (AvgIpc) is 2.48. The van der Waals surface area contributed by atoms with Crippen LogP contribution < -0.4 is 14.9 Å². The van der Waals surface area contributed by atoms with E-state index in [4.69, 9.17) is 19.8 Å². The van der Waals surface area contributed by atoms with Crippen LogP contribution in [0.3, 0.4) is 0 Å². The summed E-state index contributed by atoms with van der Waals surface area (Å²) in [7, 11) is 1.42. The summed E-state index contributed by atoms with van der Waals surface area (Å²) in [6.45, 7) is 1.38. The first-order valence-corrected chi connectivity index (χ1v) is 6.25. The monoisotopic (exact) mass is 305 g/mol. The van der Waals surface area contributed by atoms with E-state index in [2.05, 4.69) is 10.5 Å². The molecule has 1 aromatic rings. The van der Waals surface area contributed by atoms with Crippen LogP contribution in [0.4, 0.5) is 0 Å². The van der Waals surface area contributed by atoms with Crippen LogP contribution in [-0.4, -0.2) is 36.4 Å². The molecule has 2 N–H and O–H groups in total. The first-order chi connectivity index (χ1) is 10.5. The van der Waals surface area contributed by atoms with Gasteiger partial charge in [-0.1, -0.05) is 6.07 Å². The summed E-state index contributed by atoms with van der Waals surface area (Å²) in [6, 6.07) is 6.57. The molecule has 0 unspecified atom stereocenters. The second-order valence-corrected chi connectivity index (χ2v) is 4.11. The number of nitrogens with one attached hydrogen (secondary N) is 1. The number of benzene rings is 1. The molecular formula is C14H15N3O5. The molecule has 0 spiro atoms. The zero-order valence-electron chi connectivity index (χ0n) is 12.1. The minimum Gasteiger partial charge on any atom is -0.493 e. The molecule has 0 fully saturated rings. The Balaban J connectivity index is 2.98. The largest absolute Gasteiger partial charge is 0.493 e. The van der Waals surface area contributed by atoms with Gasteiger partial charge < -0.3 is 14.6 Å². The lowest BCUT2D eigenvalue weighted by molar-refractivity contribution is -0.144. The highest BCUT2D eigenvalue weighted by Crippen LogP contribution is 2.31. The maximum absolute atomic E-state index is 11.1. The second-order valence-electron chi connectivity index (χ2n) is 4.11. The number of carbonyl (C=O) groups is 2. The van der Waals surface area contributed by atoms with Crippen molar-refractivity contribution < 1.29 is 24.2 Å². The molecule has 0 saturated carbocycles. The maximum atomic E-state index is 11.1. The molecule has 0 aliphatic heterocycles. The van der Waals surface area contributed by atoms with E-state index in [1.165, 1.54) is 20.2 Å². The molecule has 116 valence electrons. The Labute approximate surface area is 127 Å².